The molecule has 0 aliphatic carbocycles. The molecular weight excluding hydrogens is 396 g/mol. The van der Waals surface area contributed by atoms with E-state index in [4.69, 9.17) is 0 Å². The number of hydrogen-bond donors (Lipinski definition) is 1. The molecule has 0 aliphatic rings. The minimum Gasteiger partial charge on any atom is -0.298 e. The van der Waals surface area contributed by atoms with Crippen LogP contribution in [0, 0.1) is 6.92 Å². The molecular formula is C23H22N4O2S. The second-order valence-corrected chi connectivity index (χ2v) is 8.06. The maximum Gasteiger partial charge on any atom is 0.270 e. The van der Waals surface area contributed by atoms with Gasteiger partial charge in [-0.1, -0.05) is 43.7 Å². The molecule has 0 saturated carbocycles. The summed E-state index contributed by atoms with van der Waals surface area (Å²) in [5.41, 5.74) is 4.09. The fourth-order valence-electron chi connectivity index (χ4n) is 3.19. The summed E-state index contributed by atoms with van der Waals surface area (Å²) in [5, 5.41) is 5.06. The van der Waals surface area contributed by atoms with Gasteiger partial charge in [0.15, 0.2) is 5.13 Å². The molecule has 0 atom stereocenters. The lowest BCUT2D eigenvalue weighted by atomic mass is 10.1. The summed E-state index contributed by atoms with van der Waals surface area (Å²) in [6.45, 7) is 4.06. The topological polar surface area (TPSA) is 76.4 Å². The number of aromatic nitrogens is 3. The summed E-state index contributed by atoms with van der Waals surface area (Å²) in [6, 6.07) is 12.0. The molecule has 1 N–H and O–H groups in total. The van der Waals surface area contributed by atoms with Crippen molar-refractivity contribution >= 4 is 28.0 Å². The number of anilines is 1. The molecule has 0 radical (unpaired) electrons. The maximum absolute atomic E-state index is 12.7. The molecule has 4 rings (SSSR count). The molecule has 6 nitrogen and oxygen atoms in total. The van der Waals surface area contributed by atoms with Crippen LogP contribution in [0.2, 0.25) is 0 Å². The smallest absolute Gasteiger partial charge is 0.270 e. The number of thiazole rings is 1. The highest BCUT2D eigenvalue weighted by atomic mass is 32.1. The van der Waals surface area contributed by atoms with Crippen LogP contribution in [-0.2, 0) is 6.42 Å². The standard InChI is InChI=1S/C23H22N4O2S/c1-3-4-5-16-7-9-17(10-8-16)19-14-30-23(25-19)26-21(28)18-12-24-20-11-6-15(2)13-27(20)22(18)29/h6-14H,3-5H2,1-2H3,(H,25,26,28). The predicted molar refractivity (Wildman–Crippen MR) is 120 cm³/mol. The Hall–Kier alpha value is -3.32. The van der Waals surface area contributed by atoms with Crippen molar-refractivity contribution in [3.05, 3.63) is 81.2 Å². The van der Waals surface area contributed by atoms with Crippen molar-refractivity contribution in [1.82, 2.24) is 14.4 Å². The second kappa shape index (κ2) is 8.59. The third-order valence-electron chi connectivity index (χ3n) is 4.89. The van der Waals surface area contributed by atoms with Gasteiger partial charge in [0.1, 0.15) is 11.2 Å². The van der Waals surface area contributed by atoms with Crippen LogP contribution in [0.1, 0.15) is 41.3 Å². The zero-order valence-corrected chi connectivity index (χ0v) is 17.7. The van der Waals surface area contributed by atoms with Crippen molar-refractivity contribution in [1.29, 1.82) is 0 Å². The van der Waals surface area contributed by atoms with Gasteiger partial charge in [0.25, 0.3) is 11.5 Å². The van der Waals surface area contributed by atoms with Crippen LogP contribution in [0.4, 0.5) is 5.13 Å². The molecule has 0 aliphatic heterocycles. The Bertz CT molecular complexity index is 1260. The van der Waals surface area contributed by atoms with Gasteiger partial charge in [0.05, 0.1) is 5.69 Å². The SMILES string of the molecule is CCCCc1ccc(-c2csc(NC(=O)c3cnc4ccc(C)cn4c3=O)n2)cc1. The number of fused-ring (bicyclic) bond motifs is 1. The number of benzene rings is 1. The van der Waals surface area contributed by atoms with E-state index < -0.39 is 11.5 Å². The molecule has 0 fully saturated rings. The minimum absolute atomic E-state index is 0.0184. The highest BCUT2D eigenvalue weighted by molar-refractivity contribution is 7.14. The summed E-state index contributed by atoms with van der Waals surface area (Å²) in [4.78, 5) is 34.1. The first kappa shape index (κ1) is 20.0. The summed E-state index contributed by atoms with van der Waals surface area (Å²) in [5.74, 6) is -0.515. The lowest BCUT2D eigenvalue weighted by Gasteiger charge is -2.05. The number of unbranched alkanes of at least 4 members (excludes halogenated alkanes) is 1. The normalized spacial score (nSPS) is 11.0. The summed E-state index contributed by atoms with van der Waals surface area (Å²) in [7, 11) is 0. The van der Waals surface area contributed by atoms with E-state index in [2.05, 4.69) is 34.3 Å². The molecule has 3 heterocycles. The average molecular weight is 419 g/mol. The van der Waals surface area contributed by atoms with Crippen LogP contribution in [-0.4, -0.2) is 20.3 Å². The van der Waals surface area contributed by atoms with E-state index in [0.29, 0.717) is 10.8 Å². The van der Waals surface area contributed by atoms with E-state index in [9.17, 15) is 9.59 Å². The van der Waals surface area contributed by atoms with Gasteiger partial charge >= 0.3 is 0 Å². The number of rotatable bonds is 6. The van der Waals surface area contributed by atoms with Crippen LogP contribution in [0.3, 0.4) is 0 Å². The number of hydrogen-bond acceptors (Lipinski definition) is 5. The Kier molecular flexibility index (Phi) is 5.72. The molecule has 0 bridgehead atoms. The first-order valence-corrected chi connectivity index (χ1v) is 10.8. The molecule has 30 heavy (non-hydrogen) atoms. The largest absolute Gasteiger partial charge is 0.298 e. The summed E-state index contributed by atoms with van der Waals surface area (Å²) < 4.78 is 1.39. The van der Waals surface area contributed by atoms with Crippen LogP contribution >= 0.6 is 11.3 Å². The number of amides is 1. The van der Waals surface area contributed by atoms with Crippen LogP contribution in [0.15, 0.2) is 59.0 Å². The highest BCUT2D eigenvalue weighted by Gasteiger charge is 2.15. The zero-order chi connectivity index (χ0) is 21.1. The minimum atomic E-state index is -0.515. The van der Waals surface area contributed by atoms with Crippen molar-refractivity contribution in [3.8, 4) is 11.3 Å². The van der Waals surface area contributed by atoms with Crippen molar-refractivity contribution in [3.63, 3.8) is 0 Å². The van der Waals surface area contributed by atoms with Gasteiger partial charge < -0.3 is 0 Å². The number of aryl methyl sites for hydroxylation is 2. The van der Waals surface area contributed by atoms with Gasteiger partial charge in [-0.25, -0.2) is 9.97 Å². The van der Waals surface area contributed by atoms with E-state index in [1.807, 2.05) is 30.5 Å². The lowest BCUT2D eigenvalue weighted by molar-refractivity contribution is 0.102. The van der Waals surface area contributed by atoms with Crippen molar-refractivity contribution < 1.29 is 4.79 Å². The number of nitrogens with zero attached hydrogens (tertiary/aromatic N) is 3. The van der Waals surface area contributed by atoms with Gasteiger partial charge in [-0.05, 0) is 37.0 Å². The first-order valence-electron chi connectivity index (χ1n) is 9.89. The molecule has 1 aromatic carbocycles. The third-order valence-corrected chi connectivity index (χ3v) is 5.65. The predicted octanol–water partition coefficient (Wildman–Crippen LogP) is 4.72. The Morgan fingerprint density at radius 1 is 1.17 bits per heavy atom. The van der Waals surface area contributed by atoms with E-state index in [-0.39, 0.29) is 5.56 Å². The summed E-state index contributed by atoms with van der Waals surface area (Å²) >= 11 is 1.33. The monoisotopic (exact) mass is 418 g/mol. The van der Waals surface area contributed by atoms with Crippen LogP contribution < -0.4 is 10.9 Å². The number of carbonyl (C=O) groups is 1. The van der Waals surface area contributed by atoms with Crippen molar-refractivity contribution in [2.24, 2.45) is 0 Å². The molecule has 152 valence electrons. The Balaban J connectivity index is 1.52. The Morgan fingerprint density at radius 3 is 2.73 bits per heavy atom. The molecule has 1 amide bonds. The van der Waals surface area contributed by atoms with Gasteiger partial charge in [0.2, 0.25) is 0 Å². The van der Waals surface area contributed by atoms with Gasteiger partial charge in [-0.2, -0.15) is 0 Å². The van der Waals surface area contributed by atoms with E-state index in [1.54, 1.807) is 12.3 Å². The third kappa shape index (κ3) is 4.16. The Labute approximate surface area is 178 Å². The van der Waals surface area contributed by atoms with Gasteiger partial charge in [-0.3, -0.25) is 19.3 Å². The van der Waals surface area contributed by atoms with E-state index >= 15 is 0 Å². The quantitative estimate of drug-likeness (QED) is 0.491. The van der Waals surface area contributed by atoms with Crippen molar-refractivity contribution in [2.75, 3.05) is 5.32 Å². The fraction of sp³-hybridized carbons (Fsp3) is 0.217. The lowest BCUT2D eigenvalue weighted by Crippen LogP contribution is -2.26. The molecule has 0 unspecified atom stereocenters. The van der Waals surface area contributed by atoms with Crippen molar-refractivity contribution in [2.45, 2.75) is 33.1 Å². The Morgan fingerprint density at radius 2 is 1.97 bits per heavy atom. The van der Waals surface area contributed by atoms with Gasteiger partial charge in [-0.15, -0.1) is 11.3 Å². The molecule has 4 aromatic rings. The summed E-state index contributed by atoms with van der Waals surface area (Å²) in [6.07, 6.45) is 6.41. The van der Waals surface area contributed by atoms with Crippen LogP contribution in [0.5, 0.6) is 0 Å². The maximum atomic E-state index is 12.7. The fourth-order valence-corrected chi connectivity index (χ4v) is 3.90. The number of pyridine rings is 1. The average Bonchev–Trinajstić information content (AvgIpc) is 3.21. The van der Waals surface area contributed by atoms with E-state index in [0.717, 1.165) is 23.2 Å². The molecule has 7 heteroatoms. The second-order valence-electron chi connectivity index (χ2n) is 7.20. The molecule has 3 aromatic heterocycles. The molecule has 0 spiro atoms. The van der Waals surface area contributed by atoms with Gasteiger partial charge in [0, 0.05) is 23.3 Å². The van der Waals surface area contributed by atoms with E-state index in [1.165, 1.54) is 40.3 Å². The number of carbonyl (C=O) groups excluding carboxylic acids is 1. The molecule has 0 saturated heterocycles. The first-order chi connectivity index (χ1) is 14.5. The van der Waals surface area contributed by atoms with Crippen LogP contribution in [0.25, 0.3) is 16.9 Å². The highest BCUT2D eigenvalue weighted by Crippen LogP contribution is 2.25. The number of nitrogens with one attached hydrogen (secondary N) is 1. The zero-order valence-electron chi connectivity index (χ0n) is 16.9.